The molecule has 3 heteroatoms. The molecule has 1 N–H and O–H groups in total. The van der Waals surface area contributed by atoms with Crippen molar-refractivity contribution in [3.05, 3.63) is 59.2 Å². The number of nitrogens with zero attached hydrogens (tertiary/aromatic N) is 1. The standard InChI is InChI=1S/C17H18N2O/c1-3-20-16-9-5-7-14(10-16)12-19-17-13(2)6-4-8-15(17)11-18/h4-10,19H,3,12H2,1-2H3. The fourth-order valence-corrected chi connectivity index (χ4v) is 2.10. The summed E-state index contributed by atoms with van der Waals surface area (Å²) in [6, 6.07) is 15.9. The Balaban J connectivity index is 2.13. The molecule has 0 saturated heterocycles. The maximum Gasteiger partial charge on any atom is 0.119 e. The number of anilines is 1. The lowest BCUT2D eigenvalue weighted by molar-refractivity contribution is 0.340. The van der Waals surface area contributed by atoms with E-state index in [1.165, 1.54) is 0 Å². The van der Waals surface area contributed by atoms with Crippen LogP contribution in [0.15, 0.2) is 42.5 Å². The monoisotopic (exact) mass is 266 g/mol. The highest BCUT2D eigenvalue weighted by Gasteiger charge is 2.05. The molecular weight excluding hydrogens is 248 g/mol. The van der Waals surface area contributed by atoms with Crippen molar-refractivity contribution in [2.24, 2.45) is 0 Å². The first kappa shape index (κ1) is 14.0. The third-order valence-corrected chi connectivity index (χ3v) is 3.07. The van der Waals surface area contributed by atoms with Crippen LogP contribution in [0.2, 0.25) is 0 Å². The number of rotatable bonds is 5. The molecule has 2 aromatic rings. The molecule has 3 nitrogen and oxygen atoms in total. The molecule has 2 aromatic carbocycles. The number of nitriles is 1. The van der Waals surface area contributed by atoms with Crippen LogP contribution in [0, 0.1) is 18.3 Å². The summed E-state index contributed by atoms with van der Waals surface area (Å²) in [6.45, 7) is 5.30. The van der Waals surface area contributed by atoms with Crippen molar-refractivity contribution in [1.29, 1.82) is 5.26 Å². The second-order valence-electron chi connectivity index (χ2n) is 4.54. The molecular formula is C17H18N2O. The van der Waals surface area contributed by atoms with Gasteiger partial charge in [-0.25, -0.2) is 0 Å². The van der Waals surface area contributed by atoms with E-state index in [1.807, 2.05) is 56.3 Å². The van der Waals surface area contributed by atoms with E-state index in [0.717, 1.165) is 22.6 Å². The summed E-state index contributed by atoms with van der Waals surface area (Å²) in [5, 5.41) is 12.5. The molecule has 0 bridgehead atoms. The van der Waals surface area contributed by atoms with E-state index >= 15 is 0 Å². The number of benzene rings is 2. The van der Waals surface area contributed by atoms with E-state index in [-0.39, 0.29) is 0 Å². The molecule has 0 aliphatic rings. The summed E-state index contributed by atoms with van der Waals surface area (Å²) in [4.78, 5) is 0. The predicted molar refractivity (Wildman–Crippen MR) is 80.8 cm³/mol. The first-order valence-corrected chi connectivity index (χ1v) is 6.70. The number of nitrogens with one attached hydrogen (secondary N) is 1. The number of aryl methyl sites for hydroxylation is 1. The molecule has 102 valence electrons. The summed E-state index contributed by atoms with van der Waals surface area (Å²) < 4.78 is 5.49. The lowest BCUT2D eigenvalue weighted by Gasteiger charge is -2.12. The van der Waals surface area contributed by atoms with Crippen LogP contribution in [0.5, 0.6) is 5.75 Å². The molecule has 0 atom stereocenters. The van der Waals surface area contributed by atoms with Gasteiger partial charge >= 0.3 is 0 Å². The zero-order valence-electron chi connectivity index (χ0n) is 11.8. The Kier molecular flexibility index (Phi) is 4.62. The van der Waals surface area contributed by atoms with Crippen LogP contribution in [0.3, 0.4) is 0 Å². The third-order valence-electron chi connectivity index (χ3n) is 3.07. The van der Waals surface area contributed by atoms with Crippen molar-refractivity contribution in [3.63, 3.8) is 0 Å². The highest BCUT2D eigenvalue weighted by molar-refractivity contribution is 5.62. The number of hydrogen-bond donors (Lipinski definition) is 1. The van der Waals surface area contributed by atoms with Crippen molar-refractivity contribution < 1.29 is 4.74 Å². The number of hydrogen-bond acceptors (Lipinski definition) is 3. The van der Waals surface area contributed by atoms with Gasteiger partial charge < -0.3 is 10.1 Å². The molecule has 0 unspecified atom stereocenters. The zero-order chi connectivity index (χ0) is 14.4. The molecule has 0 amide bonds. The van der Waals surface area contributed by atoms with Gasteiger partial charge in [-0.3, -0.25) is 0 Å². The molecule has 0 fully saturated rings. The molecule has 0 radical (unpaired) electrons. The minimum absolute atomic E-state index is 0.660. The fraction of sp³-hybridized carbons (Fsp3) is 0.235. The Labute approximate surface area is 119 Å². The summed E-state index contributed by atoms with van der Waals surface area (Å²) in [6.07, 6.45) is 0. The van der Waals surface area contributed by atoms with Crippen molar-refractivity contribution >= 4 is 5.69 Å². The van der Waals surface area contributed by atoms with Gasteiger partial charge in [-0.15, -0.1) is 0 Å². The molecule has 20 heavy (non-hydrogen) atoms. The quantitative estimate of drug-likeness (QED) is 0.893. The van der Waals surface area contributed by atoms with Gasteiger partial charge in [0.25, 0.3) is 0 Å². The molecule has 0 saturated carbocycles. The van der Waals surface area contributed by atoms with E-state index in [1.54, 1.807) is 0 Å². The van der Waals surface area contributed by atoms with E-state index in [4.69, 9.17) is 10.00 Å². The average molecular weight is 266 g/mol. The Hall–Kier alpha value is -2.47. The highest BCUT2D eigenvalue weighted by atomic mass is 16.5. The molecule has 2 rings (SSSR count). The van der Waals surface area contributed by atoms with Gasteiger partial charge in [-0.05, 0) is 43.2 Å². The van der Waals surface area contributed by atoms with Crippen LogP contribution < -0.4 is 10.1 Å². The average Bonchev–Trinajstić information content (AvgIpc) is 2.46. The second kappa shape index (κ2) is 6.63. The third kappa shape index (κ3) is 3.30. The molecule has 0 aliphatic carbocycles. The SMILES string of the molecule is CCOc1cccc(CNc2c(C)cccc2C#N)c1. The lowest BCUT2D eigenvalue weighted by Crippen LogP contribution is -2.03. The van der Waals surface area contributed by atoms with E-state index in [2.05, 4.69) is 11.4 Å². The molecule has 0 aromatic heterocycles. The first-order valence-electron chi connectivity index (χ1n) is 6.70. The fourth-order valence-electron chi connectivity index (χ4n) is 2.10. The normalized spacial score (nSPS) is 9.85. The number of ether oxygens (including phenoxy) is 1. The largest absolute Gasteiger partial charge is 0.494 e. The Morgan fingerprint density at radius 3 is 2.75 bits per heavy atom. The van der Waals surface area contributed by atoms with Gasteiger partial charge in [-0.1, -0.05) is 24.3 Å². The van der Waals surface area contributed by atoms with Crippen LogP contribution in [0.4, 0.5) is 5.69 Å². The van der Waals surface area contributed by atoms with Gasteiger partial charge in [0.05, 0.1) is 17.9 Å². The maximum atomic E-state index is 9.14. The van der Waals surface area contributed by atoms with Gasteiger partial charge in [0.15, 0.2) is 0 Å². The van der Waals surface area contributed by atoms with Crippen LogP contribution in [-0.4, -0.2) is 6.61 Å². The van der Waals surface area contributed by atoms with Gasteiger partial charge in [0.2, 0.25) is 0 Å². The Morgan fingerprint density at radius 1 is 1.20 bits per heavy atom. The minimum atomic E-state index is 0.660. The van der Waals surface area contributed by atoms with Crippen molar-refractivity contribution in [3.8, 4) is 11.8 Å². The van der Waals surface area contributed by atoms with Crippen LogP contribution in [-0.2, 0) is 6.54 Å². The van der Waals surface area contributed by atoms with Crippen LogP contribution in [0.25, 0.3) is 0 Å². The number of para-hydroxylation sites is 1. The lowest BCUT2D eigenvalue weighted by atomic mass is 10.1. The summed E-state index contributed by atoms with van der Waals surface area (Å²) in [5.74, 6) is 0.872. The van der Waals surface area contributed by atoms with E-state index in [9.17, 15) is 0 Å². The smallest absolute Gasteiger partial charge is 0.119 e. The van der Waals surface area contributed by atoms with Gasteiger partial charge in [0.1, 0.15) is 11.8 Å². The Morgan fingerprint density at radius 2 is 2.00 bits per heavy atom. The van der Waals surface area contributed by atoms with Crippen LogP contribution >= 0.6 is 0 Å². The predicted octanol–water partition coefficient (Wildman–Crippen LogP) is 3.88. The molecule has 0 aliphatic heterocycles. The van der Waals surface area contributed by atoms with Crippen LogP contribution in [0.1, 0.15) is 23.6 Å². The van der Waals surface area contributed by atoms with E-state index in [0.29, 0.717) is 18.7 Å². The minimum Gasteiger partial charge on any atom is -0.494 e. The molecule has 0 spiro atoms. The zero-order valence-corrected chi connectivity index (χ0v) is 11.8. The van der Waals surface area contributed by atoms with Gasteiger partial charge in [-0.2, -0.15) is 5.26 Å². The highest BCUT2D eigenvalue weighted by Crippen LogP contribution is 2.21. The second-order valence-corrected chi connectivity index (χ2v) is 4.54. The topological polar surface area (TPSA) is 45.0 Å². The van der Waals surface area contributed by atoms with Crippen molar-refractivity contribution in [1.82, 2.24) is 0 Å². The van der Waals surface area contributed by atoms with Crippen molar-refractivity contribution in [2.75, 3.05) is 11.9 Å². The summed E-state index contributed by atoms with van der Waals surface area (Å²) in [5.41, 5.74) is 3.77. The summed E-state index contributed by atoms with van der Waals surface area (Å²) >= 11 is 0. The maximum absolute atomic E-state index is 9.14. The summed E-state index contributed by atoms with van der Waals surface area (Å²) in [7, 11) is 0. The first-order chi connectivity index (χ1) is 9.74. The van der Waals surface area contributed by atoms with Gasteiger partial charge in [0, 0.05) is 6.54 Å². The van der Waals surface area contributed by atoms with E-state index < -0.39 is 0 Å². The Bertz CT molecular complexity index is 629. The van der Waals surface area contributed by atoms with Crippen molar-refractivity contribution in [2.45, 2.75) is 20.4 Å². The molecule has 0 heterocycles.